The minimum Gasteiger partial charge on any atom is -0.444 e. The second-order valence-electron chi connectivity index (χ2n) is 12.0. The molecule has 172 valence electrons. The maximum atomic E-state index is 11.9. The molecule has 1 spiro atoms. The number of anilines is 2. The fourth-order valence-corrected chi connectivity index (χ4v) is 7.42. The highest BCUT2D eigenvalue weighted by Gasteiger charge is 2.53. The lowest BCUT2D eigenvalue weighted by Gasteiger charge is -2.58. The van der Waals surface area contributed by atoms with Crippen molar-refractivity contribution in [3.8, 4) is 0 Å². The number of rotatable bonds is 4. The summed E-state index contributed by atoms with van der Waals surface area (Å²) in [7, 11) is -0.958. The molecule has 31 heavy (non-hydrogen) atoms. The summed E-state index contributed by atoms with van der Waals surface area (Å²) in [4.78, 5) is 19.3. The van der Waals surface area contributed by atoms with E-state index >= 15 is 0 Å². The Labute approximate surface area is 188 Å². The molecule has 2 N–H and O–H groups in total. The topological polar surface area (TPSA) is 66.5 Å². The maximum absolute atomic E-state index is 11.9. The van der Waals surface area contributed by atoms with Crippen LogP contribution in [0.5, 0.6) is 0 Å². The van der Waals surface area contributed by atoms with Crippen molar-refractivity contribution < 1.29 is 9.53 Å². The van der Waals surface area contributed by atoms with Crippen LogP contribution >= 0.6 is 0 Å². The van der Waals surface area contributed by atoms with Crippen LogP contribution in [0.2, 0.25) is 25.2 Å². The van der Waals surface area contributed by atoms with Crippen molar-refractivity contribution in [2.24, 2.45) is 5.41 Å². The van der Waals surface area contributed by atoms with Gasteiger partial charge in [-0.1, -0.05) is 13.1 Å². The molecule has 7 heteroatoms. The molecule has 2 saturated carbocycles. The maximum Gasteiger partial charge on any atom is 0.407 e. The van der Waals surface area contributed by atoms with Gasteiger partial charge in [0.15, 0.2) is 0 Å². The van der Waals surface area contributed by atoms with Crippen LogP contribution in [0.4, 0.5) is 16.3 Å². The number of carbonyl (C=O) groups excluding carboxylic acids is 1. The highest BCUT2D eigenvalue weighted by atomic mass is 28.3. The first-order valence-corrected chi connectivity index (χ1v) is 15.3. The second kappa shape index (κ2) is 7.98. The predicted molar refractivity (Wildman–Crippen MR) is 130 cm³/mol. The lowest BCUT2D eigenvalue weighted by molar-refractivity contribution is -0.0178. The quantitative estimate of drug-likeness (QED) is 0.628. The Kier molecular flexibility index (Phi) is 5.77. The standard InChI is InChI=1S/C24H40N4O2Si/c1-17-20(7-8-21(25-17)28-9-11-31(5,6)12-10-28)26-18-13-24(14-18)15-19(16-24)27-22(29)30-23(2,3)4/h7-8,18-19,26H,9-16H2,1-6H3,(H,27,29). The van der Waals surface area contributed by atoms with Gasteiger partial charge in [0.05, 0.1) is 19.5 Å². The lowest BCUT2D eigenvalue weighted by atomic mass is 9.52. The number of carbonyl (C=O) groups is 1. The molecule has 0 atom stereocenters. The number of hydrogen-bond donors (Lipinski definition) is 2. The van der Waals surface area contributed by atoms with Crippen molar-refractivity contribution in [1.82, 2.24) is 10.3 Å². The summed E-state index contributed by atoms with van der Waals surface area (Å²) in [5.41, 5.74) is 2.23. The first-order chi connectivity index (χ1) is 14.4. The van der Waals surface area contributed by atoms with Gasteiger partial charge in [-0.05, 0) is 83.0 Å². The molecule has 1 saturated heterocycles. The summed E-state index contributed by atoms with van der Waals surface area (Å²) in [5, 5.41) is 6.73. The van der Waals surface area contributed by atoms with Gasteiger partial charge < -0.3 is 20.3 Å². The van der Waals surface area contributed by atoms with Gasteiger partial charge in [-0.3, -0.25) is 0 Å². The average Bonchev–Trinajstić information content (AvgIpc) is 2.57. The molecule has 1 aliphatic heterocycles. The molecule has 3 fully saturated rings. The average molecular weight is 445 g/mol. The molecule has 6 nitrogen and oxygen atoms in total. The van der Waals surface area contributed by atoms with E-state index in [1.807, 2.05) is 20.8 Å². The molecule has 0 bridgehead atoms. The molecule has 3 aliphatic rings. The molecule has 0 aromatic carbocycles. The van der Waals surface area contributed by atoms with E-state index in [0.717, 1.165) is 43.1 Å². The van der Waals surface area contributed by atoms with Crippen molar-refractivity contribution in [3.63, 3.8) is 0 Å². The van der Waals surface area contributed by atoms with Crippen molar-refractivity contribution in [3.05, 3.63) is 17.8 Å². The first-order valence-electron chi connectivity index (χ1n) is 11.9. The van der Waals surface area contributed by atoms with Gasteiger partial charge in [0.2, 0.25) is 0 Å². The van der Waals surface area contributed by atoms with Crippen molar-refractivity contribution in [1.29, 1.82) is 0 Å². The molecular formula is C24H40N4O2Si. The SMILES string of the molecule is Cc1nc(N2CC[Si](C)(C)CC2)ccc1NC1CC2(CC(NC(=O)OC(C)(C)C)C2)C1. The Hall–Kier alpha value is -1.76. The summed E-state index contributed by atoms with van der Waals surface area (Å²) < 4.78 is 5.37. The molecule has 0 radical (unpaired) electrons. The molecule has 2 heterocycles. The number of pyridine rings is 1. The van der Waals surface area contributed by atoms with Gasteiger partial charge in [0.1, 0.15) is 11.4 Å². The highest BCUT2D eigenvalue weighted by Crippen LogP contribution is 2.56. The molecule has 1 amide bonds. The van der Waals surface area contributed by atoms with Gasteiger partial charge in [0, 0.05) is 25.2 Å². The second-order valence-corrected chi connectivity index (χ2v) is 17.3. The molecule has 1 aromatic heterocycles. The number of hydrogen-bond acceptors (Lipinski definition) is 5. The third kappa shape index (κ3) is 5.36. The fourth-order valence-electron chi connectivity index (χ4n) is 5.42. The zero-order valence-corrected chi connectivity index (χ0v) is 21.2. The van der Waals surface area contributed by atoms with E-state index in [9.17, 15) is 4.79 Å². The van der Waals surface area contributed by atoms with Gasteiger partial charge in [-0.15, -0.1) is 0 Å². The van der Waals surface area contributed by atoms with E-state index in [-0.39, 0.29) is 12.1 Å². The summed E-state index contributed by atoms with van der Waals surface area (Å²) in [5.74, 6) is 1.13. The van der Waals surface area contributed by atoms with Crippen LogP contribution in [0.25, 0.3) is 0 Å². The van der Waals surface area contributed by atoms with Crippen LogP contribution in [-0.4, -0.2) is 49.9 Å². The number of nitrogens with one attached hydrogen (secondary N) is 2. The zero-order valence-electron chi connectivity index (χ0n) is 20.2. The van der Waals surface area contributed by atoms with Crippen molar-refractivity contribution in [2.75, 3.05) is 23.3 Å². The summed E-state index contributed by atoms with van der Waals surface area (Å²) >= 11 is 0. The molecule has 4 rings (SSSR count). The number of amides is 1. The molecule has 2 aliphatic carbocycles. The predicted octanol–water partition coefficient (Wildman–Crippen LogP) is 5.17. The summed E-state index contributed by atoms with van der Waals surface area (Å²) in [6.07, 6.45) is 4.19. The number of alkyl carbamates (subject to hydrolysis) is 1. The van der Waals surface area contributed by atoms with Gasteiger partial charge in [-0.25, -0.2) is 9.78 Å². The third-order valence-electron chi connectivity index (χ3n) is 7.31. The van der Waals surface area contributed by atoms with Crippen LogP contribution in [0.3, 0.4) is 0 Å². The monoisotopic (exact) mass is 444 g/mol. The van der Waals surface area contributed by atoms with E-state index in [2.05, 4.69) is 47.7 Å². The lowest BCUT2D eigenvalue weighted by Crippen LogP contribution is -2.59. The smallest absolute Gasteiger partial charge is 0.407 e. The molecule has 1 aromatic rings. The summed E-state index contributed by atoms with van der Waals surface area (Å²) in [6, 6.07) is 7.90. The number of aryl methyl sites for hydroxylation is 1. The van der Waals surface area contributed by atoms with Crippen LogP contribution in [0.1, 0.15) is 52.1 Å². The number of ether oxygens (including phenoxy) is 1. The van der Waals surface area contributed by atoms with E-state index in [4.69, 9.17) is 9.72 Å². The Morgan fingerprint density at radius 3 is 2.32 bits per heavy atom. The number of nitrogens with zero attached hydrogens (tertiary/aromatic N) is 2. The van der Waals surface area contributed by atoms with Crippen LogP contribution in [0, 0.1) is 12.3 Å². The minimum absolute atomic E-state index is 0.260. The third-order valence-corrected chi connectivity index (χ3v) is 10.5. The largest absolute Gasteiger partial charge is 0.444 e. The van der Waals surface area contributed by atoms with E-state index < -0.39 is 13.7 Å². The van der Waals surface area contributed by atoms with E-state index in [1.54, 1.807) is 0 Å². The van der Waals surface area contributed by atoms with E-state index in [0.29, 0.717) is 11.5 Å². The normalized spacial score (nSPS) is 29.7. The zero-order chi connectivity index (χ0) is 22.4. The first kappa shape index (κ1) is 22.4. The van der Waals surface area contributed by atoms with Crippen molar-refractivity contribution in [2.45, 2.75) is 96.2 Å². The Bertz CT molecular complexity index is 811. The minimum atomic E-state index is -0.958. The van der Waals surface area contributed by atoms with E-state index in [1.165, 1.54) is 24.9 Å². The Morgan fingerprint density at radius 1 is 1.13 bits per heavy atom. The number of aromatic nitrogens is 1. The summed E-state index contributed by atoms with van der Waals surface area (Å²) in [6.45, 7) is 15.1. The molecule has 0 unspecified atom stereocenters. The molecular weight excluding hydrogens is 404 g/mol. The van der Waals surface area contributed by atoms with Gasteiger partial charge in [-0.2, -0.15) is 0 Å². The van der Waals surface area contributed by atoms with Crippen LogP contribution < -0.4 is 15.5 Å². The Morgan fingerprint density at radius 2 is 1.74 bits per heavy atom. The highest BCUT2D eigenvalue weighted by molar-refractivity contribution is 6.77. The fraction of sp³-hybridized carbons (Fsp3) is 0.750. The van der Waals surface area contributed by atoms with Crippen LogP contribution in [0.15, 0.2) is 12.1 Å². The van der Waals surface area contributed by atoms with Gasteiger partial charge in [0.25, 0.3) is 0 Å². The van der Waals surface area contributed by atoms with Crippen molar-refractivity contribution >= 4 is 25.7 Å². The van der Waals surface area contributed by atoms with Crippen LogP contribution in [-0.2, 0) is 4.74 Å². The Balaban J connectivity index is 1.22. The van der Waals surface area contributed by atoms with Gasteiger partial charge >= 0.3 is 6.09 Å².